The molecule has 0 bridgehead atoms. The van der Waals surface area contributed by atoms with E-state index < -0.39 is 0 Å². The van der Waals surface area contributed by atoms with E-state index in [4.69, 9.17) is 9.47 Å². The van der Waals surface area contributed by atoms with Crippen LogP contribution in [0.3, 0.4) is 0 Å². The number of hydrogen-bond acceptors (Lipinski definition) is 4. The van der Waals surface area contributed by atoms with Gasteiger partial charge in [0.1, 0.15) is 0 Å². The number of nitrogens with one attached hydrogen (secondary N) is 1. The molecule has 2 N–H and O–H groups in total. The van der Waals surface area contributed by atoms with Crippen molar-refractivity contribution in [3.05, 3.63) is 12.1 Å². The van der Waals surface area contributed by atoms with Crippen LogP contribution >= 0.6 is 0 Å². The van der Waals surface area contributed by atoms with Gasteiger partial charge in [0.05, 0.1) is 19.9 Å². The molecule has 76 valence electrons. The van der Waals surface area contributed by atoms with Crippen molar-refractivity contribution in [3.63, 3.8) is 0 Å². The van der Waals surface area contributed by atoms with E-state index in [1.165, 1.54) is 26.4 Å². The molecule has 0 spiro atoms. The lowest BCUT2D eigenvalue weighted by atomic mass is 10.2. The van der Waals surface area contributed by atoms with Gasteiger partial charge in [-0.2, -0.15) is 0 Å². The zero-order valence-corrected chi connectivity index (χ0v) is 7.90. The number of phenols is 1. The largest absolute Gasteiger partial charge is 0.504 e. The van der Waals surface area contributed by atoms with Gasteiger partial charge in [-0.05, 0) is 12.1 Å². The number of methoxy groups -OCH3 is 2. The molecule has 0 saturated heterocycles. The highest BCUT2D eigenvalue weighted by Crippen LogP contribution is 2.41. The Labute approximate surface area is 81.3 Å². The Kier molecular flexibility index (Phi) is 3.17. The first-order valence-electron chi connectivity index (χ1n) is 3.88. The third kappa shape index (κ3) is 1.71. The van der Waals surface area contributed by atoms with Crippen LogP contribution in [-0.2, 0) is 4.79 Å². The van der Waals surface area contributed by atoms with Crippen molar-refractivity contribution in [2.45, 2.75) is 0 Å². The molecule has 0 aromatic heterocycles. The van der Waals surface area contributed by atoms with Crippen molar-refractivity contribution >= 4 is 12.1 Å². The Balaban J connectivity index is 3.24. The molecule has 0 saturated carbocycles. The van der Waals surface area contributed by atoms with Crippen molar-refractivity contribution in [1.29, 1.82) is 0 Å². The maximum absolute atomic E-state index is 10.3. The van der Waals surface area contributed by atoms with E-state index in [0.29, 0.717) is 17.8 Å². The summed E-state index contributed by atoms with van der Waals surface area (Å²) in [6, 6.07) is 2.93. The zero-order chi connectivity index (χ0) is 10.6. The number of rotatable bonds is 4. The average Bonchev–Trinajstić information content (AvgIpc) is 2.20. The molecule has 1 aromatic carbocycles. The first-order chi connectivity index (χ1) is 6.74. The molecule has 1 rings (SSSR count). The van der Waals surface area contributed by atoms with E-state index in [2.05, 4.69) is 5.32 Å². The molecule has 0 radical (unpaired) electrons. The quantitative estimate of drug-likeness (QED) is 0.557. The number of aromatic hydroxyl groups is 1. The van der Waals surface area contributed by atoms with Gasteiger partial charge >= 0.3 is 0 Å². The molecule has 0 aliphatic rings. The van der Waals surface area contributed by atoms with Gasteiger partial charge in [-0.25, -0.2) is 0 Å². The predicted molar refractivity (Wildman–Crippen MR) is 50.9 cm³/mol. The third-order valence-corrected chi connectivity index (χ3v) is 1.71. The van der Waals surface area contributed by atoms with Crippen molar-refractivity contribution in [3.8, 4) is 17.2 Å². The van der Waals surface area contributed by atoms with Crippen molar-refractivity contribution in [2.75, 3.05) is 19.5 Å². The fraction of sp³-hybridized carbons (Fsp3) is 0.222. The molecule has 0 aliphatic heterocycles. The molecule has 0 fully saturated rings. The van der Waals surface area contributed by atoms with Crippen LogP contribution in [0.2, 0.25) is 0 Å². The van der Waals surface area contributed by atoms with Crippen LogP contribution in [0.4, 0.5) is 5.69 Å². The second-order valence-electron chi connectivity index (χ2n) is 2.46. The van der Waals surface area contributed by atoms with E-state index in [1.807, 2.05) is 0 Å². The molecule has 14 heavy (non-hydrogen) atoms. The lowest BCUT2D eigenvalue weighted by Crippen LogP contribution is -1.99. The van der Waals surface area contributed by atoms with Crippen LogP contribution in [0.1, 0.15) is 0 Å². The molecule has 5 nitrogen and oxygen atoms in total. The highest BCUT2D eigenvalue weighted by molar-refractivity contribution is 5.79. The number of carbonyl (C=O) groups is 1. The van der Waals surface area contributed by atoms with Gasteiger partial charge in [0.2, 0.25) is 12.2 Å². The summed E-state index contributed by atoms with van der Waals surface area (Å²) in [5, 5.41) is 11.8. The maximum atomic E-state index is 10.3. The monoisotopic (exact) mass is 197 g/mol. The van der Waals surface area contributed by atoms with E-state index in [1.54, 1.807) is 0 Å². The van der Waals surface area contributed by atoms with E-state index in [9.17, 15) is 9.90 Å². The van der Waals surface area contributed by atoms with Gasteiger partial charge in [0.15, 0.2) is 11.5 Å². The Morgan fingerprint density at radius 1 is 1.29 bits per heavy atom. The summed E-state index contributed by atoms with van der Waals surface area (Å²) in [5.41, 5.74) is 0.442. The molecular formula is C9H11NO4. The number of ether oxygens (including phenoxy) is 2. The second-order valence-corrected chi connectivity index (χ2v) is 2.46. The number of carbonyl (C=O) groups excluding carboxylic acids is 1. The van der Waals surface area contributed by atoms with Gasteiger partial charge in [-0.1, -0.05) is 0 Å². The van der Waals surface area contributed by atoms with Crippen LogP contribution < -0.4 is 14.8 Å². The van der Waals surface area contributed by atoms with Gasteiger partial charge < -0.3 is 19.9 Å². The molecular weight excluding hydrogens is 186 g/mol. The van der Waals surface area contributed by atoms with Crippen molar-refractivity contribution < 1.29 is 19.4 Å². The van der Waals surface area contributed by atoms with Crippen LogP contribution in [0.15, 0.2) is 12.1 Å². The summed E-state index contributed by atoms with van der Waals surface area (Å²) in [7, 11) is 2.83. The summed E-state index contributed by atoms with van der Waals surface area (Å²) in [6.07, 6.45) is 0.522. The SMILES string of the molecule is COc1c(O)ccc(NC=O)c1OC. The van der Waals surface area contributed by atoms with E-state index in [-0.39, 0.29) is 11.5 Å². The first-order valence-corrected chi connectivity index (χ1v) is 3.88. The average molecular weight is 197 g/mol. The standard InChI is InChI=1S/C9H11NO4/c1-13-8-6(10-5-11)3-4-7(12)9(8)14-2/h3-5,12H,1-2H3,(H,10,11). The minimum Gasteiger partial charge on any atom is -0.504 e. The van der Waals surface area contributed by atoms with Gasteiger partial charge in [-0.3, -0.25) is 4.79 Å². The van der Waals surface area contributed by atoms with Crippen molar-refractivity contribution in [1.82, 2.24) is 0 Å². The molecule has 0 atom stereocenters. The molecule has 5 heteroatoms. The van der Waals surface area contributed by atoms with Crippen LogP contribution in [-0.4, -0.2) is 25.7 Å². The number of benzene rings is 1. The summed E-state index contributed by atoms with van der Waals surface area (Å²) >= 11 is 0. The van der Waals surface area contributed by atoms with Crippen molar-refractivity contribution in [2.24, 2.45) is 0 Å². The lowest BCUT2D eigenvalue weighted by Gasteiger charge is -2.12. The number of hydrogen-bond donors (Lipinski definition) is 2. The highest BCUT2D eigenvalue weighted by Gasteiger charge is 2.13. The van der Waals surface area contributed by atoms with E-state index >= 15 is 0 Å². The molecule has 0 aliphatic carbocycles. The Morgan fingerprint density at radius 3 is 2.43 bits per heavy atom. The lowest BCUT2D eigenvalue weighted by molar-refractivity contribution is -0.105. The fourth-order valence-corrected chi connectivity index (χ4v) is 1.13. The Hall–Kier alpha value is -1.91. The normalized spacial score (nSPS) is 9.29. The zero-order valence-electron chi connectivity index (χ0n) is 7.90. The predicted octanol–water partition coefficient (Wildman–Crippen LogP) is 0.978. The number of amides is 1. The second kappa shape index (κ2) is 4.36. The molecule has 1 aromatic rings. The minimum atomic E-state index is -0.0409. The summed E-state index contributed by atoms with van der Waals surface area (Å²) in [5.74, 6) is 0.444. The van der Waals surface area contributed by atoms with Gasteiger partial charge in [0.25, 0.3) is 0 Å². The van der Waals surface area contributed by atoms with Crippen LogP contribution in [0.25, 0.3) is 0 Å². The van der Waals surface area contributed by atoms with E-state index in [0.717, 1.165) is 0 Å². The van der Waals surface area contributed by atoms with Gasteiger partial charge in [-0.15, -0.1) is 0 Å². The topological polar surface area (TPSA) is 67.8 Å². The fourth-order valence-electron chi connectivity index (χ4n) is 1.13. The first kappa shape index (κ1) is 10.2. The highest BCUT2D eigenvalue weighted by atomic mass is 16.5. The van der Waals surface area contributed by atoms with Gasteiger partial charge in [0, 0.05) is 0 Å². The Morgan fingerprint density at radius 2 is 1.93 bits per heavy atom. The number of phenolic OH excluding ortho intramolecular Hbond substituents is 1. The molecule has 0 heterocycles. The summed E-state index contributed by atoms with van der Waals surface area (Å²) in [6.45, 7) is 0. The molecule has 0 unspecified atom stereocenters. The minimum absolute atomic E-state index is 0.0409. The number of anilines is 1. The summed E-state index contributed by atoms with van der Waals surface area (Å²) < 4.78 is 9.92. The summed E-state index contributed by atoms with van der Waals surface area (Å²) in [4.78, 5) is 10.3. The smallest absolute Gasteiger partial charge is 0.211 e. The van der Waals surface area contributed by atoms with Crippen LogP contribution in [0.5, 0.6) is 17.2 Å². The maximum Gasteiger partial charge on any atom is 0.211 e. The molecule has 1 amide bonds. The third-order valence-electron chi connectivity index (χ3n) is 1.71. The Bertz CT molecular complexity index is 338. The van der Waals surface area contributed by atoms with Crippen LogP contribution in [0, 0.1) is 0 Å².